The highest BCUT2D eigenvalue weighted by atomic mass is 16.5. The maximum Gasteiger partial charge on any atom is 0.251 e. The summed E-state index contributed by atoms with van der Waals surface area (Å²) in [6, 6.07) is 14.6. The van der Waals surface area contributed by atoms with E-state index in [9.17, 15) is 4.79 Å². The second-order valence-corrected chi connectivity index (χ2v) is 5.57. The average Bonchev–Trinajstić information content (AvgIpc) is 2.53. The van der Waals surface area contributed by atoms with Crippen LogP contribution in [0.4, 0.5) is 5.69 Å². The van der Waals surface area contributed by atoms with Crippen LogP contribution in [0.2, 0.25) is 0 Å². The van der Waals surface area contributed by atoms with Crippen LogP contribution in [0.3, 0.4) is 0 Å². The Kier molecular flexibility index (Phi) is 6.00. The summed E-state index contributed by atoms with van der Waals surface area (Å²) in [5.41, 5.74) is 7.78. The molecule has 0 aliphatic heterocycles. The van der Waals surface area contributed by atoms with Crippen LogP contribution in [0.15, 0.2) is 48.5 Å². The number of hydrogen-bond donors (Lipinski definition) is 2. The lowest BCUT2D eigenvalue weighted by Gasteiger charge is -2.14. The standard InChI is InChI=1S/C18H23N3O2/c1-21(2)10-11-23-17-9-4-3-6-15(17)13-20-18(22)14-7-5-8-16(19)12-14/h3-9,12H,10-11,13,19H2,1-2H3,(H,20,22). The number of rotatable bonds is 7. The Balaban J connectivity index is 1.96. The molecule has 0 radical (unpaired) electrons. The Morgan fingerprint density at radius 2 is 1.96 bits per heavy atom. The summed E-state index contributed by atoms with van der Waals surface area (Å²) in [5.74, 6) is 0.641. The third-order valence-electron chi connectivity index (χ3n) is 3.36. The molecule has 0 saturated carbocycles. The first kappa shape index (κ1) is 16.8. The van der Waals surface area contributed by atoms with Crippen molar-refractivity contribution in [1.29, 1.82) is 0 Å². The summed E-state index contributed by atoms with van der Waals surface area (Å²) in [6.45, 7) is 1.85. The van der Waals surface area contributed by atoms with E-state index in [1.807, 2.05) is 38.4 Å². The van der Waals surface area contributed by atoms with Crippen molar-refractivity contribution in [1.82, 2.24) is 10.2 Å². The van der Waals surface area contributed by atoms with Crippen molar-refractivity contribution in [2.45, 2.75) is 6.54 Å². The van der Waals surface area contributed by atoms with Crippen LogP contribution in [-0.2, 0) is 6.54 Å². The number of amides is 1. The number of ether oxygens (including phenoxy) is 1. The molecule has 0 heterocycles. The number of anilines is 1. The van der Waals surface area contributed by atoms with Crippen LogP contribution in [0.5, 0.6) is 5.75 Å². The van der Waals surface area contributed by atoms with Crippen molar-refractivity contribution >= 4 is 11.6 Å². The summed E-state index contributed by atoms with van der Waals surface area (Å²) in [5, 5.41) is 2.90. The summed E-state index contributed by atoms with van der Waals surface area (Å²) in [4.78, 5) is 14.2. The van der Waals surface area contributed by atoms with Crippen LogP contribution in [0, 0.1) is 0 Å². The number of hydrogen-bond acceptors (Lipinski definition) is 4. The molecular formula is C18H23N3O2. The van der Waals surface area contributed by atoms with Gasteiger partial charge in [0.15, 0.2) is 0 Å². The number of nitrogen functional groups attached to an aromatic ring is 1. The SMILES string of the molecule is CN(C)CCOc1ccccc1CNC(=O)c1cccc(N)c1. The van der Waals surface area contributed by atoms with E-state index in [1.165, 1.54) is 0 Å². The molecule has 0 aliphatic rings. The van der Waals surface area contributed by atoms with Crippen LogP contribution >= 0.6 is 0 Å². The van der Waals surface area contributed by atoms with E-state index in [2.05, 4.69) is 10.2 Å². The topological polar surface area (TPSA) is 67.6 Å². The summed E-state index contributed by atoms with van der Waals surface area (Å²) < 4.78 is 5.79. The highest BCUT2D eigenvalue weighted by Crippen LogP contribution is 2.18. The molecular weight excluding hydrogens is 290 g/mol. The van der Waals surface area contributed by atoms with Gasteiger partial charge in [-0.25, -0.2) is 0 Å². The summed E-state index contributed by atoms with van der Waals surface area (Å²) in [7, 11) is 4.00. The highest BCUT2D eigenvalue weighted by Gasteiger charge is 2.08. The molecule has 0 atom stereocenters. The number of benzene rings is 2. The normalized spacial score (nSPS) is 10.6. The zero-order chi connectivity index (χ0) is 16.7. The first-order valence-electron chi connectivity index (χ1n) is 7.55. The molecule has 0 bridgehead atoms. The molecule has 0 aliphatic carbocycles. The van der Waals surface area contributed by atoms with Gasteiger partial charge in [-0.1, -0.05) is 24.3 Å². The lowest BCUT2D eigenvalue weighted by Crippen LogP contribution is -2.24. The van der Waals surface area contributed by atoms with Crippen molar-refractivity contribution < 1.29 is 9.53 Å². The Bertz CT molecular complexity index is 656. The summed E-state index contributed by atoms with van der Waals surface area (Å²) in [6.07, 6.45) is 0. The molecule has 0 aromatic heterocycles. The lowest BCUT2D eigenvalue weighted by atomic mass is 10.1. The molecule has 0 fully saturated rings. The molecule has 122 valence electrons. The number of para-hydroxylation sites is 1. The van der Waals surface area contributed by atoms with Gasteiger partial charge >= 0.3 is 0 Å². The number of nitrogens with one attached hydrogen (secondary N) is 1. The maximum atomic E-state index is 12.2. The second kappa shape index (κ2) is 8.19. The summed E-state index contributed by atoms with van der Waals surface area (Å²) >= 11 is 0. The minimum atomic E-state index is -0.152. The first-order valence-corrected chi connectivity index (χ1v) is 7.55. The number of nitrogens with zero attached hydrogens (tertiary/aromatic N) is 1. The predicted molar refractivity (Wildman–Crippen MR) is 92.5 cm³/mol. The molecule has 2 aromatic carbocycles. The fourth-order valence-electron chi connectivity index (χ4n) is 2.09. The number of carbonyl (C=O) groups is 1. The van der Waals surface area contributed by atoms with Crippen molar-refractivity contribution in [2.75, 3.05) is 33.0 Å². The first-order chi connectivity index (χ1) is 11.1. The largest absolute Gasteiger partial charge is 0.492 e. The number of carbonyl (C=O) groups excluding carboxylic acids is 1. The fraction of sp³-hybridized carbons (Fsp3) is 0.278. The van der Waals surface area contributed by atoms with Gasteiger partial charge in [-0.2, -0.15) is 0 Å². The Labute approximate surface area is 137 Å². The lowest BCUT2D eigenvalue weighted by molar-refractivity contribution is 0.0950. The highest BCUT2D eigenvalue weighted by molar-refractivity contribution is 5.94. The van der Waals surface area contributed by atoms with Crippen LogP contribution in [0.1, 0.15) is 15.9 Å². The van der Waals surface area contributed by atoms with Crippen molar-refractivity contribution in [3.8, 4) is 5.75 Å². The van der Waals surface area contributed by atoms with Crippen LogP contribution in [0.25, 0.3) is 0 Å². The number of likely N-dealkylation sites (N-methyl/N-ethyl adjacent to an activating group) is 1. The van der Waals surface area contributed by atoms with Crippen LogP contribution in [-0.4, -0.2) is 38.1 Å². The Morgan fingerprint density at radius 1 is 1.17 bits per heavy atom. The molecule has 0 saturated heterocycles. The van der Waals surface area contributed by atoms with E-state index in [4.69, 9.17) is 10.5 Å². The molecule has 0 unspecified atom stereocenters. The monoisotopic (exact) mass is 313 g/mol. The van der Waals surface area contributed by atoms with Gasteiger partial charge in [-0.3, -0.25) is 4.79 Å². The van der Waals surface area contributed by atoms with Gasteiger partial charge in [-0.15, -0.1) is 0 Å². The molecule has 2 rings (SSSR count). The van der Waals surface area contributed by atoms with E-state index in [-0.39, 0.29) is 5.91 Å². The van der Waals surface area contributed by atoms with Gasteiger partial charge < -0.3 is 20.7 Å². The third-order valence-corrected chi connectivity index (χ3v) is 3.36. The Hall–Kier alpha value is -2.53. The maximum absolute atomic E-state index is 12.2. The molecule has 0 spiro atoms. The predicted octanol–water partition coefficient (Wildman–Crippen LogP) is 2.14. The minimum absolute atomic E-state index is 0.152. The zero-order valence-electron chi connectivity index (χ0n) is 13.6. The van der Waals surface area contributed by atoms with E-state index < -0.39 is 0 Å². The molecule has 3 N–H and O–H groups in total. The quantitative estimate of drug-likeness (QED) is 0.769. The van der Waals surface area contributed by atoms with Gasteiger partial charge in [0.25, 0.3) is 5.91 Å². The zero-order valence-corrected chi connectivity index (χ0v) is 13.6. The molecule has 5 heteroatoms. The van der Waals surface area contributed by atoms with Crippen molar-refractivity contribution in [3.05, 3.63) is 59.7 Å². The third kappa shape index (κ3) is 5.30. The average molecular weight is 313 g/mol. The van der Waals surface area contributed by atoms with Gasteiger partial charge in [0.1, 0.15) is 12.4 Å². The van der Waals surface area contributed by atoms with Crippen molar-refractivity contribution in [2.24, 2.45) is 0 Å². The molecule has 1 amide bonds. The molecule has 5 nitrogen and oxygen atoms in total. The molecule has 2 aromatic rings. The van der Waals surface area contributed by atoms with Gasteiger partial charge in [0.05, 0.1) is 0 Å². The minimum Gasteiger partial charge on any atom is -0.492 e. The molecule has 23 heavy (non-hydrogen) atoms. The Morgan fingerprint density at radius 3 is 2.70 bits per heavy atom. The van der Waals surface area contributed by atoms with E-state index in [1.54, 1.807) is 24.3 Å². The van der Waals surface area contributed by atoms with E-state index >= 15 is 0 Å². The van der Waals surface area contributed by atoms with Crippen LogP contribution < -0.4 is 15.8 Å². The number of nitrogens with two attached hydrogens (primary N) is 1. The smallest absolute Gasteiger partial charge is 0.251 e. The fourth-order valence-corrected chi connectivity index (χ4v) is 2.09. The van der Waals surface area contributed by atoms with E-state index in [0.717, 1.165) is 17.9 Å². The van der Waals surface area contributed by atoms with Gasteiger partial charge in [-0.05, 0) is 38.4 Å². The van der Waals surface area contributed by atoms with Crippen molar-refractivity contribution in [3.63, 3.8) is 0 Å². The van der Waals surface area contributed by atoms with E-state index in [0.29, 0.717) is 24.4 Å². The van der Waals surface area contributed by atoms with Gasteiger partial charge in [0.2, 0.25) is 0 Å². The van der Waals surface area contributed by atoms with Gasteiger partial charge in [0, 0.05) is 29.9 Å². The second-order valence-electron chi connectivity index (χ2n) is 5.57.